The molecule has 0 radical (unpaired) electrons. The fraction of sp³-hybridized carbons (Fsp3) is 0.143. The van der Waals surface area contributed by atoms with Crippen molar-refractivity contribution in [2.24, 2.45) is 0 Å². The highest BCUT2D eigenvalue weighted by atomic mass is 16.1. The smallest absolute Gasteiger partial charge is 0.267 e. The highest BCUT2D eigenvalue weighted by Gasteiger charge is 2.14. The molecule has 3 heterocycles. The van der Waals surface area contributed by atoms with Crippen LogP contribution in [-0.2, 0) is 0 Å². The molecule has 0 atom stereocenters. The second-order valence-electron chi connectivity index (χ2n) is 7.04. The van der Waals surface area contributed by atoms with Gasteiger partial charge in [-0.2, -0.15) is 10.1 Å². The highest BCUT2D eigenvalue weighted by molar-refractivity contribution is 5.93. The molecular formula is C21H18N6O. The van der Waals surface area contributed by atoms with Crippen LogP contribution in [0.5, 0.6) is 0 Å². The standard InChI is InChI=1S/C21H18N6O/c1-12(2)16-11-18(26-25-16)23-19-14-8-4-6-10-17(14)27-20(28)13-7-3-5-9-15(13)22-21(27)24-19/h3-12H,1-2H3,(H2,22,23,24,25,26). The monoisotopic (exact) mass is 370 g/mol. The van der Waals surface area contributed by atoms with Crippen LogP contribution in [0.4, 0.5) is 11.6 Å². The maximum absolute atomic E-state index is 13.1. The summed E-state index contributed by atoms with van der Waals surface area (Å²) in [5.74, 6) is 1.98. The number of rotatable bonds is 3. The van der Waals surface area contributed by atoms with Gasteiger partial charge >= 0.3 is 0 Å². The number of nitrogens with zero attached hydrogens (tertiary/aromatic N) is 4. The molecule has 0 amide bonds. The Morgan fingerprint density at radius 3 is 2.54 bits per heavy atom. The molecule has 0 aliphatic heterocycles. The van der Waals surface area contributed by atoms with E-state index in [1.165, 1.54) is 0 Å². The number of hydrogen-bond donors (Lipinski definition) is 2. The van der Waals surface area contributed by atoms with Crippen molar-refractivity contribution >= 4 is 39.2 Å². The summed E-state index contributed by atoms with van der Waals surface area (Å²) in [4.78, 5) is 22.4. The third-order valence-electron chi connectivity index (χ3n) is 4.84. The van der Waals surface area contributed by atoms with Crippen molar-refractivity contribution in [3.8, 4) is 0 Å². The molecule has 0 aliphatic rings. The second-order valence-corrected chi connectivity index (χ2v) is 7.04. The van der Waals surface area contributed by atoms with E-state index in [-0.39, 0.29) is 5.56 Å². The minimum atomic E-state index is -0.127. The molecule has 5 rings (SSSR count). The quantitative estimate of drug-likeness (QED) is 0.370. The molecule has 0 aliphatic carbocycles. The molecule has 7 heteroatoms. The van der Waals surface area contributed by atoms with Gasteiger partial charge in [0.25, 0.3) is 5.56 Å². The summed E-state index contributed by atoms with van der Waals surface area (Å²) in [5.41, 5.74) is 2.28. The molecular weight excluding hydrogens is 352 g/mol. The van der Waals surface area contributed by atoms with E-state index < -0.39 is 0 Å². The van der Waals surface area contributed by atoms with Gasteiger partial charge in [-0.3, -0.25) is 9.89 Å². The number of aromatic nitrogens is 5. The Hall–Kier alpha value is -3.74. The van der Waals surface area contributed by atoms with Crippen LogP contribution in [0.1, 0.15) is 25.5 Å². The SMILES string of the molecule is CC(C)c1cc(Nc2nc3nc4ccccc4c(=O)n3c3ccccc23)n[nH]1. The van der Waals surface area contributed by atoms with Gasteiger partial charge in [0.05, 0.1) is 16.4 Å². The Morgan fingerprint density at radius 1 is 1.00 bits per heavy atom. The Bertz CT molecular complexity index is 1400. The lowest BCUT2D eigenvalue weighted by Crippen LogP contribution is -2.18. The van der Waals surface area contributed by atoms with Gasteiger partial charge in [-0.05, 0) is 30.2 Å². The predicted octanol–water partition coefficient (Wildman–Crippen LogP) is 3.99. The zero-order valence-corrected chi connectivity index (χ0v) is 15.5. The number of aromatic amines is 1. The van der Waals surface area contributed by atoms with Crippen LogP contribution in [0, 0.1) is 0 Å². The van der Waals surface area contributed by atoms with Crippen LogP contribution in [0.3, 0.4) is 0 Å². The predicted molar refractivity (Wildman–Crippen MR) is 110 cm³/mol. The Labute approximate surface area is 160 Å². The molecule has 0 saturated heterocycles. The summed E-state index contributed by atoms with van der Waals surface area (Å²) in [5, 5.41) is 12.0. The lowest BCUT2D eigenvalue weighted by molar-refractivity contribution is 0.811. The number of benzene rings is 2. The average Bonchev–Trinajstić information content (AvgIpc) is 3.17. The van der Waals surface area contributed by atoms with E-state index in [2.05, 4.69) is 39.3 Å². The van der Waals surface area contributed by atoms with Crippen LogP contribution in [0.2, 0.25) is 0 Å². The van der Waals surface area contributed by atoms with Gasteiger partial charge in [0.2, 0.25) is 5.78 Å². The van der Waals surface area contributed by atoms with E-state index in [1.807, 2.05) is 48.5 Å². The molecule has 7 nitrogen and oxygen atoms in total. The van der Waals surface area contributed by atoms with Gasteiger partial charge in [-0.15, -0.1) is 0 Å². The molecule has 3 aromatic heterocycles. The Balaban J connectivity index is 1.79. The van der Waals surface area contributed by atoms with Gasteiger partial charge in [-0.1, -0.05) is 38.1 Å². The Kier molecular flexibility index (Phi) is 3.61. The fourth-order valence-corrected chi connectivity index (χ4v) is 3.36. The van der Waals surface area contributed by atoms with Crippen molar-refractivity contribution in [1.82, 2.24) is 24.6 Å². The summed E-state index contributed by atoms with van der Waals surface area (Å²) in [6, 6.07) is 16.9. The highest BCUT2D eigenvalue weighted by Crippen LogP contribution is 2.26. The molecule has 0 fully saturated rings. The minimum Gasteiger partial charge on any atom is -0.323 e. The van der Waals surface area contributed by atoms with Gasteiger partial charge in [0, 0.05) is 17.1 Å². The molecule has 0 bridgehead atoms. The van der Waals surface area contributed by atoms with Crippen molar-refractivity contribution in [3.63, 3.8) is 0 Å². The zero-order chi connectivity index (χ0) is 19.3. The third kappa shape index (κ3) is 2.51. The summed E-state index contributed by atoms with van der Waals surface area (Å²) in [6.45, 7) is 4.20. The maximum Gasteiger partial charge on any atom is 0.267 e. The molecule has 0 spiro atoms. The number of hydrogen-bond acceptors (Lipinski definition) is 5. The maximum atomic E-state index is 13.1. The first-order valence-electron chi connectivity index (χ1n) is 9.14. The van der Waals surface area contributed by atoms with E-state index in [4.69, 9.17) is 0 Å². The van der Waals surface area contributed by atoms with Crippen LogP contribution < -0.4 is 10.9 Å². The third-order valence-corrected chi connectivity index (χ3v) is 4.84. The molecule has 0 unspecified atom stereocenters. The van der Waals surface area contributed by atoms with Crippen molar-refractivity contribution in [2.45, 2.75) is 19.8 Å². The number of nitrogens with one attached hydrogen (secondary N) is 2. The second kappa shape index (κ2) is 6.16. The van der Waals surface area contributed by atoms with E-state index >= 15 is 0 Å². The Morgan fingerprint density at radius 2 is 1.75 bits per heavy atom. The lowest BCUT2D eigenvalue weighted by atomic mass is 10.1. The van der Waals surface area contributed by atoms with Crippen LogP contribution in [0.15, 0.2) is 59.4 Å². The summed E-state index contributed by atoms with van der Waals surface area (Å²) in [6.07, 6.45) is 0. The van der Waals surface area contributed by atoms with E-state index in [9.17, 15) is 4.79 Å². The number of fused-ring (bicyclic) bond motifs is 4. The summed E-state index contributed by atoms with van der Waals surface area (Å²) in [7, 11) is 0. The minimum absolute atomic E-state index is 0.127. The van der Waals surface area contributed by atoms with Crippen LogP contribution in [-0.4, -0.2) is 24.6 Å². The van der Waals surface area contributed by atoms with Gasteiger partial charge in [0.1, 0.15) is 5.82 Å². The van der Waals surface area contributed by atoms with Crippen molar-refractivity contribution < 1.29 is 0 Å². The molecule has 2 N–H and O–H groups in total. The van der Waals surface area contributed by atoms with Gasteiger partial charge in [0.15, 0.2) is 5.82 Å². The van der Waals surface area contributed by atoms with Gasteiger partial charge in [-0.25, -0.2) is 9.38 Å². The van der Waals surface area contributed by atoms with Crippen molar-refractivity contribution in [3.05, 3.63) is 70.6 Å². The first-order chi connectivity index (χ1) is 13.6. The molecule has 0 saturated carbocycles. The lowest BCUT2D eigenvalue weighted by Gasteiger charge is -2.11. The molecule has 5 aromatic rings. The van der Waals surface area contributed by atoms with E-state index in [0.29, 0.717) is 34.2 Å². The zero-order valence-electron chi connectivity index (χ0n) is 15.5. The van der Waals surface area contributed by atoms with Crippen molar-refractivity contribution in [1.29, 1.82) is 0 Å². The number of anilines is 2. The summed E-state index contributed by atoms with van der Waals surface area (Å²) >= 11 is 0. The number of H-pyrrole nitrogens is 1. The largest absolute Gasteiger partial charge is 0.323 e. The van der Waals surface area contributed by atoms with Crippen molar-refractivity contribution in [2.75, 3.05) is 5.32 Å². The van der Waals surface area contributed by atoms with Crippen LogP contribution in [0.25, 0.3) is 27.6 Å². The first-order valence-corrected chi connectivity index (χ1v) is 9.14. The topological polar surface area (TPSA) is 88.0 Å². The van der Waals surface area contributed by atoms with E-state index in [1.54, 1.807) is 10.5 Å². The van der Waals surface area contributed by atoms with E-state index in [0.717, 1.165) is 16.6 Å². The summed E-state index contributed by atoms with van der Waals surface area (Å²) < 4.78 is 1.56. The fourth-order valence-electron chi connectivity index (χ4n) is 3.36. The molecule has 138 valence electrons. The van der Waals surface area contributed by atoms with Crippen LogP contribution >= 0.6 is 0 Å². The van der Waals surface area contributed by atoms with Gasteiger partial charge < -0.3 is 5.32 Å². The first kappa shape index (κ1) is 16.4. The normalized spacial score (nSPS) is 11.7. The average molecular weight is 370 g/mol. The number of para-hydroxylation sites is 2. The molecule has 2 aromatic carbocycles. The molecule has 28 heavy (non-hydrogen) atoms.